The second kappa shape index (κ2) is 6.19. The molecule has 0 fully saturated rings. The zero-order valence-electron chi connectivity index (χ0n) is 14.3. The number of aromatic amines is 1. The Morgan fingerprint density at radius 1 is 1.15 bits per heavy atom. The smallest absolute Gasteiger partial charge is 0.331 e. The summed E-state index contributed by atoms with van der Waals surface area (Å²) in [6.07, 6.45) is 3.84. The van der Waals surface area contributed by atoms with E-state index < -0.39 is 5.97 Å². The molecule has 0 bridgehead atoms. The maximum absolute atomic E-state index is 12.9. The number of nitrogens with zero attached hydrogens (tertiary/aromatic N) is 1. The van der Waals surface area contributed by atoms with Crippen LogP contribution >= 0.6 is 0 Å². The third-order valence-electron chi connectivity index (χ3n) is 4.87. The van der Waals surface area contributed by atoms with Gasteiger partial charge < -0.3 is 15.0 Å². The van der Waals surface area contributed by atoms with Crippen molar-refractivity contribution in [3.8, 4) is 0 Å². The minimum absolute atomic E-state index is 0.0251. The van der Waals surface area contributed by atoms with Crippen molar-refractivity contribution < 1.29 is 14.7 Å². The molecular formula is C21H18N2O3. The molecule has 1 amide bonds. The molecule has 0 aliphatic carbocycles. The Morgan fingerprint density at radius 2 is 1.88 bits per heavy atom. The molecule has 4 rings (SSSR count). The Morgan fingerprint density at radius 3 is 2.69 bits per heavy atom. The van der Waals surface area contributed by atoms with Crippen molar-refractivity contribution in [2.75, 3.05) is 4.90 Å². The number of hydrogen-bond donors (Lipinski definition) is 2. The van der Waals surface area contributed by atoms with Crippen molar-refractivity contribution in [1.82, 2.24) is 4.98 Å². The highest BCUT2D eigenvalue weighted by atomic mass is 16.4. The lowest BCUT2D eigenvalue weighted by atomic mass is 10.0. The molecule has 5 nitrogen and oxygen atoms in total. The summed E-state index contributed by atoms with van der Waals surface area (Å²) in [4.78, 5) is 29.0. The highest BCUT2D eigenvalue weighted by Gasteiger charge is 2.35. The van der Waals surface area contributed by atoms with Gasteiger partial charge in [0.05, 0.1) is 6.04 Å². The molecule has 3 aromatic rings. The number of hydrogen-bond acceptors (Lipinski definition) is 2. The Kier molecular flexibility index (Phi) is 3.84. The molecule has 130 valence electrons. The first kappa shape index (κ1) is 16.1. The molecular weight excluding hydrogens is 328 g/mol. The zero-order valence-corrected chi connectivity index (χ0v) is 14.3. The second-order valence-corrected chi connectivity index (χ2v) is 6.48. The molecule has 0 saturated heterocycles. The highest BCUT2D eigenvalue weighted by Crippen LogP contribution is 2.42. The summed E-state index contributed by atoms with van der Waals surface area (Å²) in [7, 11) is 0. The molecule has 1 aliphatic heterocycles. The average Bonchev–Trinajstić information content (AvgIpc) is 3.22. The number of H-pyrrole nitrogens is 1. The lowest BCUT2D eigenvalue weighted by Gasteiger charge is -2.24. The van der Waals surface area contributed by atoms with E-state index in [-0.39, 0.29) is 17.5 Å². The van der Waals surface area contributed by atoms with Crippen LogP contribution < -0.4 is 4.90 Å². The summed E-state index contributed by atoms with van der Waals surface area (Å²) in [6.45, 7) is 1.43. The summed E-state index contributed by atoms with van der Waals surface area (Å²) < 4.78 is 0. The molecule has 0 spiro atoms. The fourth-order valence-corrected chi connectivity index (χ4v) is 3.59. The topological polar surface area (TPSA) is 73.4 Å². The lowest BCUT2D eigenvalue weighted by molar-refractivity contribution is -0.132. The molecule has 0 saturated carbocycles. The van der Waals surface area contributed by atoms with Crippen molar-refractivity contribution in [3.63, 3.8) is 0 Å². The van der Waals surface area contributed by atoms with Gasteiger partial charge in [-0.25, -0.2) is 4.79 Å². The van der Waals surface area contributed by atoms with Gasteiger partial charge >= 0.3 is 5.97 Å². The average molecular weight is 346 g/mol. The number of aliphatic carboxylic acids is 1. The maximum atomic E-state index is 12.9. The monoisotopic (exact) mass is 346 g/mol. The second-order valence-electron chi connectivity index (χ2n) is 6.48. The Hall–Kier alpha value is -3.34. The molecule has 2 aromatic carbocycles. The molecule has 0 radical (unpaired) electrons. The van der Waals surface area contributed by atoms with Crippen LogP contribution in [0.15, 0.2) is 66.4 Å². The third-order valence-corrected chi connectivity index (χ3v) is 4.87. The number of carboxylic acid groups (broad SMARTS) is 1. The van der Waals surface area contributed by atoms with Crippen molar-refractivity contribution in [2.45, 2.75) is 19.4 Å². The predicted octanol–water partition coefficient (Wildman–Crippen LogP) is 3.83. The summed E-state index contributed by atoms with van der Waals surface area (Å²) in [5.74, 6) is -1.40. The summed E-state index contributed by atoms with van der Waals surface area (Å²) in [5, 5.41) is 10.2. The van der Waals surface area contributed by atoms with E-state index in [1.165, 1.54) is 13.0 Å². The van der Waals surface area contributed by atoms with E-state index in [2.05, 4.69) is 4.98 Å². The van der Waals surface area contributed by atoms with Gasteiger partial charge in [-0.1, -0.05) is 36.4 Å². The molecule has 2 N–H and O–H groups in total. The summed E-state index contributed by atoms with van der Waals surface area (Å²) in [6, 6.07) is 15.6. The fourth-order valence-electron chi connectivity index (χ4n) is 3.59. The van der Waals surface area contributed by atoms with Gasteiger partial charge in [0, 0.05) is 40.0 Å². The van der Waals surface area contributed by atoms with Gasteiger partial charge in [-0.05, 0) is 31.0 Å². The van der Waals surface area contributed by atoms with E-state index in [0.29, 0.717) is 6.42 Å². The van der Waals surface area contributed by atoms with Crippen molar-refractivity contribution in [2.24, 2.45) is 0 Å². The van der Waals surface area contributed by atoms with Gasteiger partial charge in [0.25, 0.3) is 5.91 Å². The number of nitrogens with one attached hydrogen (secondary N) is 1. The van der Waals surface area contributed by atoms with Crippen molar-refractivity contribution in [3.05, 3.63) is 77.5 Å². The Labute approximate surface area is 150 Å². The number of carbonyl (C=O) groups is 2. The zero-order chi connectivity index (χ0) is 18.3. The molecule has 26 heavy (non-hydrogen) atoms. The molecule has 1 aliphatic rings. The first-order valence-corrected chi connectivity index (χ1v) is 8.45. The third kappa shape index (κ3) is 2.58. The van der Waals surface area contributed by atoms with Crippen molar-refractivity contribution >= 4 is 28.5 Å². The van der Waals surface area contributed by atoms with Crippen LogP contribution in [0.5, 0.6) is 0 Å². The summed E-state index contributed by atoms with van der Waals surface area (Å²) >= 11 is 0. The Bertz CT molecular complexity index is 1050. The van der Waals surface area contributed by atoms with E-state index in [9.17, 15) is 9.59 Å². The number of carbonyl (C=O) groups excluding carboxylic acids is 1. The molecule has 1 atom stereocenters. The molecule has 0 unspecified atom stereocenters. The van der Waals surface area contributed by atoms with Gasteiger partial charge in [0.2, 0.25) is 0 Å². The minimum Gasteiger partial charge on any atom is -0.478 e. The van der Waals surface area contributed by atoms with Crippen molar-refractivity contribution in [1.29, 1.82) is 0 Å². The first-order valence-electron chi connectivity index (χ1n) is 8.45. The van der Waals surface area contributed by atoms with Crippen LogP contribution in [0.4, 0.5) is 5.69 Å². The van der Waals surface area contributed by atoms with Crippen LogP contribution in [0.2, 0.25) is 0 Å². The number of aromatic nitrogens is 1. The van der Waals surface area contributed by atoms with E-state index in [0.717, 1.165) is 27.7 Å². The number of rotatable bonds is 3. The normalized spacial score (nSPS) is 16.7. The van der Waals surface area contributed by atoms with Crippen LogP contribution in [-0.2, 0) is 16.0 Å². The van der Waals surface area contributed by atoms with Crippen LogP contribution in [0.3, 0.4) is 0 Å². The first-order chi connectivity index (χ1) is 12.6. The minimum atomic E-state index is -1.09. The molecule has 2 heterocycles. The maximum Gasteiger partial charge on any atom is 0.331 e. The fraction of sp³-hybridized carbons (Fsp3) is 0.143. The van der Waals surface area contributed by atoms with Gasteiger partial charge in [-0.3, -0.25) is 4.79 Å². The predicted molar refractivity (Wildman–Crippen MR) is 100 cm³/mol. The molecule has 5 heteroatoms. The number of amides is 1. The standard InChI is InChI=1S/C21H18N2O3/c1-13(21(25)26)10-20(24)23-18-9-5-2-6-14(18)11-19(23)16-12-22-17-8-4-3-7-15(16)17/h2-10,12,19,22H,11H2,1H3,(H,25,26)/b13-10-/t19-/m1/s1. The quantitative estimate of drug-likeness (QED) is 0.708. The van der Waals surface area contributed by atoms with Gasteiger partial charge in [0.15, 0.2) is 0 Å². The van der Waals surface area contributed by atoms with Crippen LogP contribution in [0.25, 0.3) is 10.9 Å². The van der Waals surface area contributed by atoms with E-state index in [4.69, 9.17) is 5.11 Å². The number of carboxylic acids is 1. The largest absolute Gasteiger partial charge is 0.478 e. The van der Waals surface area contributed by atoms with Crippen LogP contribution in [-0.4, -0.2) is 22.0 Å². The number of anilines is 1. The molecule has 1 aromatic heterocycles. The number of fused-ring (bicyclic) bond motifs is 2. The number of benzene rings is 2. The summed E-state index contributed by atoms with van der Waals surface area (Å²) in [5.41, 5.74) is 3.99. The van der Waals surface area contributed by atoms with E-state index >= 15 is 0 Å². The van der Waals surface area contributed by atoms with E-state index in [1.54, 1.807) is 4.90 Å². The lowest BCUT2D eigenvalue weighted by Crippen LogP contribution is -2.31. The van der Waals surface area contributed by atoms with E-state index in [1.807, 2.05) is 54.7 Å². The van der Waals surface area contributed by atoms with Crippen LogP contribution in [0, 0.1) is 0 Å². The van der Waals surface area contributed by atoms with Gasteiger partial charge in [0.1, 0.15) is 0 Å². The SMILES string of the molecule is C/C(=C/C(=O)N1c2ccccc2C[C@@H]1c1c[nH]c2ccccc12)C(=O)O. The Balaban J connectivity index is 1.82. The van der Waals surface area contributed by atoms with Crippen LogP contribution in [0.1, 0.15) is 24.1 Å². The van der Waals surface area contributed by atoms with Gasteiger partial charge in [-0.15, -0.1) is 0 Å². The number of para-hydroxylation sites is 2. The highest BCUT2D eigenvalue weighted by molar-refractivity contribution is 6.07. The van der Waals surface area contributed by atoms with Gasteiger partial charge in [-0.2, -0.15) is 0 Å².